The minimum atomic E-state index is 0.267. The summed E-state index contributed by atoms with van der Waals surface area (Å²) in [6, 6.07) is 0.267. The van der Waals surface area contributed by atoms with Crippen LogP contribution in [-0.2, 0) is 4.79 Å². The second-order valence-electron chi connectivity index (χ2n) is 4.62. The van der Waals surface area contributed by atoms with Gasteiger partial charge in [0.05, 0.1) is 6.04 Å². The second kappa shape index (κ2) is 7.00. The topological polar surface area (TPSA) is 20.3 Å². The lowest BCUT2D eigenvalue weighted by atomic mass is 10.1. The van der Waals surface area contributed by atoms with Crippen molar-refractivity contribution in [3.05, 3.63) is 0 Å². The van der Waals surface area contributed by atoms with Crippen LogP contribution < -0.4 is 0 Å². The molecule has 0 aromatic rings. The highest BCUT2D eigenvalue weighted by Gasteiger charge is 2.29. The molecule has 1 unspecified atom stereocenters. The van der Waals surface area contributed by atoms with Crippen LogP contribution in [0.15, 0.2) is 0 Å². The Morgan fingerprint density at radius 1 is 1.20 bits per heavy atom. The van der Waals surface area contributed by atoms with Crippen LogP contribution in [0.5, 0.6) is 0 Å². The molecule has 0 amide bonds. The molecular formula is C13H25NO. The van der Waals surface area contributed by atoms with E-state index in [1.165, 1.54) is 25.7 Å². The Kier molecular flexibility index (Phi) is 5.92. The Morgan fingerprint density at radius 3 is 2.20 bits per heavy atom. The summed E-state index contributed by atoms with van der Waals surface area (Å²) in [4.78, 5) is 14.1. The standard InChI is InChI=1S/C13H25NO/c1-3-5-10-14(11-6-4-2)12-8-7-9-13(12)15/h12H,3-11H2,1-2H3. The fourth-order valence-electron chi connectivity index (χ4n) is 2.33. The normalized spacial score (nSPS) is 21.5. The van der Waals surface area contributed by atoms with E-state index >= 15 is 0 Å². The van der Waals surface area contributed by atoms with Gasteiger partial charge in [0, 0.05) is 6.42 Å². The second-order valence-corrected chi connectivity index (χ2v) is 4.62. The summed E-state index contributed by atoms with van der Waals surface area (Å²) >= 11 is 0. The summed E-state index contributed by atoms with van der Waals surface area (Å²) in [5.41, 5.74) is 0. The highest BCUT2D eigenvalue weighted by molar-refractivity contribution is 5.85. The lowest BCUT2D eigenvalue weighted by Gasteiger charge is -2.27. The van der Waals surface area contributed by atoms with E-state index in [1.807, 2.05) is 0 Å². The Bertz CT molecular complexity index is 183. The first-order valence-electron chi connectivity index (χ1n) is 6.56. The largest absolute Gasteiger partial charge is 0.298 e. The van der Waals surface area contributed by atoms with E-state index in [2.05, 4.69) is 18.7 Å². The number of ketones is 1. The molecule has 0 aliphatic heterocycles. The highest BCUT2D eigenvalue weighted by atomic mass is 16.1. The molecule has 1 rings (SSSR count). The molecule has 0 spiro atoms. The quantitative estimate of drug-likeness (QED) is 0.645. The molecule has 0 heterocycles. The van der Waals surface area contributed by atoms with Gasteiger partial charge in [0.25, 0.3) is 0 Å². The maximum absolute atomic E-state index is 11.7. The minimum absolute atomic E-state index is 0.267. The number of nitrogens with zero attached hydrogens (tertiary/aromatic N) is 1. The summed E-state index contributed by atoms with van der Waals surface area (Å²) in [6.07, 6.45) is 7.94. The molecule has 88 valence electrons. The SMILES string of the molecule is CCCCN(CCCC)C1CCCC1=O. The van der Waals surface area contributed by atoms with E-state index in [4.69, 9.17) is 0 Å². The molecule has 1 atom stereocenters. The van der Waals surface area contributed by atoms with Crippen molar-refractivity contribution in [2.75, 3.05) is 13.1 Å². The molecule has 0 aromatic carbocycles. The molecule has 1 saturated carbocycles. The third kappa shape index (κ3) is 3.94. The van der Waals surface area contributed by atoms with Crippen molar-refractivity contribution in [2.45, 2.75) is 64.8 Å². The molecule has 2 nitrogen and oxygen atoms in total. The first-order valence-corrected chi connectivity index (χ1v) is 6.56. The van der Waals surface area contributed by atoms with Crippen molar-refractivity contribution in [1.82, 2.24) is 4.90 Å². The van der Waals surface area contributed by atoms with E-state index in [9.17, 15) is 4.79 Å². The van der Waals surface area contributed by atoms with E-state index < -0.39 is 0 Å². The van der Waals surface area contributed by atoms with Gasteiger partial charge < -0.3 is 0 Å². The number of hydrogen-bond acceptors (Lipinski definition) is 2. The van der Waals surface area contributed by atoms with E-state index in [0.717, 1.165) is 32.4 Å². The monoisotopic (exact) mass is 211 g/mol. The number of hydrogen-bond donors (Lipinski definition) is 0. The number of Topliss-reactive ketones (excluding diaryl/α,β-unsaturated/α-hetero) is 1. The summed E-state index contributed by atoms with van der Waals surface area (Å²) in [7, 11) is 0. The summed E-state index contributed by atoms with van der Waals surface area (Å²) < 4.78 is 0. The van der Waals surface area contributed by atoms with Crippen LogP contribution in [0.1, 0.15) is 58.8 Å². The molecule has 1 fully saturated rings. The van der Waals surface area contributed by atoms with Crippen LogP contribution in [0.4, 0.5) is 0 Å². The van der Waals surface area contributed by atoms with Crippen LogP contribution in [0.3, 0.4) is 0 Å². The molecular weight excluding hydrogens is 186 g/mol. The number of carbonyl (C=O) groups excluding carboxylic acids is 1. The van der Waals surface area contributed by atoms with Crippen molar-refractivity contribution in [2.24, 2.45) is 0 Å². The molecule has 0 aromatic heterocycles. The smallest absolute Gasteiger partial charge is 0.149 e. The predicted molar refractivity (Wildman–Crippen MR) is 64.0 cm³/mol. The lowest BCUT2D eigenvalue weighted by Crippen LogP contribution is -2.39. The van der Waals surface area contributed by atoms with Gasteiger partial charge in [-0.3, -0.25) is 9.69 Å². The zero-order chi connectivity index (χ0) is 11.1. The fourth-order valence-corrected chi connectivity index (χ4v) is 2.33. The molecule has 0 radical (unpaired) electrons. The predicted octanol–water partition coefficient (Wildman–Crippen LogP) is 3.01. The van der Waals surface area contributed by atoms with Gasteiger partial charge in [-0.15, -0.1) is 0 Å². The Labute approximate surface area is 94.0 Å². The Morgan fingerprint density at radius 2 is 1.80 bits per heavy atom. The first kappa shape index (κ1) is 12.7. The molecule has 0 bridgehead atoms. The molecule has 2 heteroatoms. The van der Waals surface area contributed by atoms with E-state index in [-0.39, 0.29) is 6.04 Å². The summed E-state index contributed by atoms with van der Waals surface area (Å²) in [5, 5.41) is 0. The van der Waals surface area contributed by atoms with Crippen LogP contribution in [-0.4, -0.2) is 29.8 Å². The highest BCUT2D eigenvalue weighted by Crippen LogP contribution is 2.21. The fraction of sp³-hybridized carbons (Fsp3) is 0.923. The van der Waals surface area contributed by atoms with Gasteiger partial charge in [-0.1, -0.05) is 26.7 Å². The van der Waals surface area contributed by atoms with Crippen molar-refractivity contribution in [3.63, 3.8) is 0 Å². The van der Waals surface area contributed by atoms with Gasteiger partial charge in [-0.05, 0) is 38.8 Å². The van der Waals surface area contributed by atoms with E-state index in [0.29, 0.717) is 5.78 Å². The van der Waals surface area contributed by atoms with Crippen LogP contribution in [0, 0.1) is 0 Å². The lowest BCUT2D eigenvalue weighted by molar-refractivity contribution is -0.122. The van der Waals surface area contributed by atoms with Crippen molar-refractivity contribution < 1.29 is 4.79 Å². The molecule has 1 aliphatic rings. The maximum Gasteiger partial charge on any atom is 0.149 e. The maximum atomic E-state index is 11.7. The van der Waals surface area contributed by atoms with Gasteiger partial charge in [-0.25, -0.2) is 0 Å². The number of rotatable bonds is 7. The molecule has 0 N–H and O–H groups in total. The van der Waals surface area contributed by atoms with Gasteiger partial charge in [0.2, 0.25) is 0 Å². The Hall–Kier alpha value is -0.370. The minimum Gasteiger partial charge on any atom is -0.298 e. The van der Waals surface area contributed by atoms with E-state index in [1.54, 1.807) is 0 Å². The van der Waals surface area contributed by atoms with Gasteiger partial charge in [0.1, 0.15) is 5.78 Å². The average molecular weight is 211 g/mol. The van der Waals surface area contributed by atoms with Gasteiger partial charge in [0.15, 0.2) is 0 Å². The zero-order valence-electron chi connectivity index (χ0n) is 10.3. The average Bonchev–Trinajstić information content (AvgIpc) is 2.65. The summed E-state index contributed by atoms with van der Waals surface area (Å²) in [5.74, 6) is 0.488. The molecule has 15 heavy (non-hydrogen) atoms. The third-order valence-electron chi connectivity index (χ3n) is 3.31. The third-order valence-corrected chi connectivity index (χ3v) is 3.31. The Balaban J connectivity index is 2.42. The van der Waals surface area contributed by atoms with Crippen molar-refractivity contribution in [1.29, 1.82) is 0 Å². The van der Waals surface area contributed by atoms with Gasteiger partial charge >= 0.3 is 0 Å². The van der Waals surface area contributed by atoms with Crippen molar-refractivity contribution >= 4 is 5.78 Å². The van der Waals surface area contributed by atoms with Crippen molar-refractivity contribution in [3.8, 4) is 0 Å². The number of carbonyl (C=O) groups is 1. The van der Waals surface area contributed by atoms with Crippen LogP contribution in [0.2, 0.25) is 0 Å². The number of unbranched alkanes of at least 4 members (excludes halogenated alkanes) is 2. The van der Waals surface area contributed by atoms with Crippen LogP contribution >= 0.6 is 0 Å². The molecule has 0 saturated heterocycles. The zero-order valence-corrected chi connectivity index (χ0v) is 10.3. The van der Waals surface area contributed by atoms with Gasteiger partial charge in [-0.2, -0.15) is 0 Å². The van der Waals surface area contributed by atoms with Crippen LogP contribution in [0.25, 0.3) is 0 Å². The summed E-state index contributed by atoms with van der Waals surface area (Å²) in [6.45, 7) is 6.67. The molecule has 1 aliphatic carbocycles. The first-order chi connectivity index (χ1) is 7.29.